The Morgan fingerprint density at radius 2 is 2.14 bits per heavy atom. The Morgan fingerprint density at radius 1 is 1.32 bits per heavy atom. The van der Waals surface area contributed by atoms with Crippen molar-refractivity contribution in [1.29, 1.82) is 0 Å². The van der Waals surface area contributed by atoms with Crippen LogP contribution < -0.4 is 10.1 Å². The first-order chi connectivity index (χ1) is 10.6. The molecule has 3 amide bonds. The molecule has 0 aromatic heterocycles. The van der Waals surface area contributed by atoms with Gasteiger partial charge in [0.25, 0.3) is 11.8 Å². The van der Waals surface area contributed by atoms with Crippen LogP contribution in [0.25, 0.3) is 0 Å². The van der Waals surface area contributed by atoms with Crippen LogP contribution >= 0.6 is 0 Å². The first kappa shape index (κ1) is 14.4. The number of benzene rings is 1. The lowest BCUT2D eigenvalue weighted by Gasteiger charge is -2.25. The first-order valence-corrected chi connectivity index (χ1v) is 7.14. The number of nitrogens with zero attached hydrogens (tertiary/aromatic N) is 1. The fourth-order valence-electron chi connectivity index (χ4n) is 2.51. The lowest BCUT2D eigenvalue weighted by atomic mass is 10.0. The van der Waals surface area contributed by atoms with Crippen molar-refractivity contribution in [3.8, 4) is 5.75 Å². The number of imide groups is 1. The molecule has 1 fully saturated rings. The lowest BCUT2D eigenvalue weighted by molar-refractivity contribution is -0.129. The Kier molecular flexibility index (Phi) is 3.95. The zero-order valence-electron chi connectivity index (χ0n) is 11.9. The Hall–Kier alpha value is -2.57. The van der Waals surface area contributed by atoms with Crippen molar-refractivity contribution >= 4 is 17.9 Å². The molecule has 0 aliphatic carbocycles. The van der Waals surface area contributed by atoms with Gasteiger partial charge in [-0.1, -0.05) is 18.2 Å². The van der Waals surface area contributed by atoms with Gasteiger partial charge in [-0.15, -0.1) is 0 Å². The summed E-state index contributed by atoms with van der Waals surface area (Å²) in [6.45, 7) is 0.0587. The summed E-state index contributed by atoms with van der Waals surface area (Å²) in [5.41, 5.74) is 1.09. The number of para-hydroxylation sites is 1. The number of ether oxygens (including phenoxy) is 2. The standard InChI is InChI=1S/C15H16N2O5/c18-13-9-21-15(20)17(13)8-7-16-14(19)12-6-5-10-3-1-2-4-11(10)22-12/h1-4,12H,5-9H2,(H,16,19)/t12-/m0/s1. The Labute approximate surface area is 127 Å². The van der Waals surface area contributed by atoms with Crippen LogP contribution in [-0.4, -0.2) is 48.6 Å². The predicted molar refractivity (Wildman–Crippen MR) is 75.2 cm³/mol. The molecule has 7 heteroatoms. The minimum Gasteiger partial charge on any atom is -0.480 e. The van der Waals surface area contributed by atoms with Crippen molar-refractivity contribution in [3.05, 3.63) is 29.8 Å². The highest BCUT2D eigenvalue weighted by atomic mass is 16.6. The fraction of sp³-hybridized carbons (Fsp3) is 0.400. The van der Waals surface area contributed by atoms with Crippen molar-refractivity contribution in [2.24, 2.45) is 0 Å². The van der Waals surface area contributed by atoms with Crippen LogP contribution in [0.5, 0.6) is 5.75 Å². The van der Waals surface area contributed by atoms with Crippen LogP contribution in [-0.2, 0) is 20.7 Å². The molecule has 2 aliphatic heterocycles. The number of cyclic esters (lactones) is 1. The predicted octanol–water partition coefficient (Wildman–Crippen LogP) is 0.475. The number of amides is 3. The molecule has 3 rings (SSSR count). The van der Waals surface area contributed by atoms with Gasteiger partial charge in [0.15, 0.2) is 12.7 Å². The number of hydrogen-bond donors (Lipinski definition) is 1. The molecule has 7 nitrogen and oxygen atoms in total. The van der Waals surface area contributed by atoms with Crippen molar-refractivity contribution in [2.75, 3.05) is 19.7 Å². The van der Waals surface area contributed by atoms with E-state index in [9.17, 15) is 14.4 Å². The summed E-state index contributed by atoms with van der Waals surface area (Å²) in [5, 5.41) is 2.69. The van der Waals surface area contributed by atoms with E-state index in [-0.39, 0.29) is 31.5 Å². The van der Waals surface area contributed by atoms with Gasteiger partial charge in [0.2, 0.25) is 0 Å². The normalized spacial score (nSPS) is 20.2. The van der Waals surface area contributed by atoms with E-state index in [0.29, 0.717) is 6.42 Å². The van der Waals surface area contributed by atoms with E-state index in [1.807, 2.05) is 24.3 Å². The average molecular weight is 304 g/mol. The zero-order valence-corrected chi connectivity index (χ0v) is 11.9. The molecule has 0 bridgehead atoms. The molecule has 116 valence electrons. The smallest absolute Gasteiger partial charge is 0.417 e. The highest BCUT2D eigenvalue weighted by Crippen LogP contribution is 2.26. The molecule has 2 aliphatic rings. The number of carbonyl (C=O) groups excluding carboxylic acids is 3. The van der Waals surface area contributed by atoms with Gasteiger partial charge in [-0.3, -0.25) is 9.59 Å². The molecule has 0 radical (unpaired) electrons. The Balaban J connectivity index is 1.49. The topological polar surface area (TPSA) is 84.9 Å². The van der Waals surface area contributed by atoms with Crippen LogP contribution in [0.15, 0.2) is 24.3 Å². The van der Waals surface area contributed by atoms with E-state index < -0.39 is 12.2 Å². The van der Waals surface area contributed by atoms with Gasteiger partial charge in [-0.25, -0.2) is 9.69 Å². The second kappa shape index (κ2) is 6.05. The fourth-order valence-corrected chi connectivity index (χ4v) is 2.51. The molecule has 1 aromatic rings. The molecule has 1 N–H and O–H groups in total. The van der Waals surface area contributed by atoms with E-state index in [1.165, 1.54) is 0 Å². The van der Waals surface area contributed by atoms with Gasteiger partial charge in [0, 0.05) is 13.1 Å². The van der Waals surface area contributed by atoms with Gasteiger partial charge < -0.3 is 14.8 Å². The third-order valence-corrected chi connectivity index (χ3v) is 3.69. The minimum absolute atomic E-state index is 0.104. The maximum Gasteiger partial charge on any atom is 0.417 e. The second-order valence-electron chi connectivity index (χ2n) is 5.14. The van der Waals surface area contributed by atoms with Gasteiger partial charge in [0.05, 0.1) is 0 Å². The molecule has 0 unspecified atom stereocenters. The number of hydrogen-bond acceptors (Lipinski definition) is 5. The van der Waals surface area contributed by atoms with Crippen LogP contribution in [0.1, 0.15) is 12.0 Å². The number of carbonyl (C=O) groups is 3. The van der Waals surface area contributed by atoms with Crippen LogP contribution in [0.4, 0.5) is 4.79 Å². The van der Waals surface area contributed by atoms with E-state index in [4.69, 9.17) is 4.74 Å². The quantitative estimate of drug-likeness (QED) is 0.874. The summed E-state index contributed by atoms with van der Waals surface area (Å²) in [4.78, 5) is 35.7. The summed E-state index contributed by atoms with van der Waals surface area (Å²) >= 11 is 0. The molecular formula is C15H16N2O5. The molecule has 0 saturated carbocycles. The van der Waals surface area contributed by atoms with E-state index in [0.717, 1.165) is 22.6 Å². The highest BCUT2D eigenvalue weighted by Gasteiger charge is 2.31. The molecule has 1 atom stereocenters. The number of fused-ring (bicyclic) bond motifs is 1. The summed E-state index contributed by atoms with van der Waals surface area (Å²) in [5.74, 6) is 0.101. The highest BCUT2D eigenvalue weighted by molar-refractivity contribution is 5.97. The molecule has 1 saturated heterocycles. The lowest BCUT2D eigenvalue weighted by Crippen LogP contribution is -2.44. The SMILES string of the molecule is O=C(NCCN1C(=O)COC1=O)[C@@H]1CCc2ccccc2O1. The average Bonchev–Trinajstić information content (AvgIpc) is 2.86. The van der Waals surface area contributed by atoms with Crippen molar-refractivity contribution in [3.63, 3.8) is 0 Å². The zero-order chi connectivity index (χ0) is 15.5. The molecule has 1 aromatic carbocycles. The second-order valence-corrected chi connectivity index (χ2v) is 5.14. The largest absolute Gasteiger partial charge is 0.480 e. The van der Waals surface area contributed by atoms with E-state index >= 15 is 0 Å². The Morgan fingerprint density at radius 3 is 2.91 bits per heavy atom. The molecule has 2 heterocycles. The molecule has 0 spiro atoms. The van der Waals surface area contributed by atoms with Crippen LogP contribution in [0.3, 0.4) is 0 Å². The third kappa shape index (κ3) is 2.88. The number of aryl methyl sites for hydroxylation is 1. The first-order valence-electron chi connectivity index (χ1n) is 7.14. The maximum atomic E-state index is 12.1. The van der Waals surface area contributed by atoms with Gasteiger partial charge in [-0.05, 0) is 24.5 Å². The van der Waals surface area contributed by atoms with Gasteiger partial charge >= 0.3 is 6.09 Å². The minimum atomic E-state index is -0.665. The summed E-state index contributed by atoms with van der Waals surface area (Å²) in [6, 6.07) is 7.63. The van der Waals surface area contributed by atoms with Crippen LogP contribution in [0, 0.1) is 0 Å². The summed E-state index contributed by atoms with van der Waals surface area (Å²) in [7, 11) is 0. The third-order valence-electron chi connectivity index (χ3n) is 3.69. The van der Waals surface area contributed by atoms with Gasteiger partial charge in [-0.2, -0.15) is 0 Å². The van der Waals surface area contributed by atoms with E-state index in [2.05, 4.69) is 10.1 Å². The maximum absolute atomic E-state index is 12.1. The monoisotopic (exact) mass is 304 g/mol. The summed E-state index contributed by atoms with van der Waals surface area (Å²) < 4.78 is 10.3. The van der Waals surface area contributed by atoms with Crippen molar-refractivity contribution < 1.29 is 23.9 Å². The van der Waals surface area contributed by atoms with Gasteiger partial charge in [0.1, 0.15) is 5.75 Å². The van der Waals surface area contributed by atoms with Crippen LogP contribution in [0.2, 0.25) is 0 Å². The summed E-state index contributed by atoms with van der Waals surface area (Å²) in [6.07, 6.45) is 0.178. The molecular weight excluding hydrogens is 288 g/mol. The van der Waals surface area contributed by atoms with Crippen molar-refractivity contribution in [1.82, 2.24) is 10.2 Å². The Bertz CT molecular complexity index is 600. The van der Waals surface area contributed by atoms with Crippen molar-refractivity contribution in [2.45, 2.75) is 18.9 Å². The number of nitrogens with one attached hydrogen (secondary N) is 1. The molecule has 22 heavy (non-hydrogen) atoms. The van der Waals surface area contributed by atoms with E-state index in [1.54, 1.807) is 0 Å². The number of rotatable bonds is 4.